The van der Waals surface area contributed by atoms with E-state index in [9.17, 15) is 9.59 Å². The minimum atomic E-state index is -0.288. The highest BCUT2D eigenvalue weighted by Gasteiger charge is 2.22. The van der Waals surface area contributed by atoms with Crippen molar-refractivity contribution in [1.29, 1.82) is 0 Å². The maximum atomic E-state index is 12.6. The van der Waals surface area contributed by atoms with Crippen molar-refractivity contribution in [3.8, 4) is 5.75 Å². The van der Waals surface area contributed by atoms with E-state index < -0.39 is 0 Å². The van der Waals surface area contributed by atoms with E-state index in [2.05, 4.69) is 16.6 Å². The number of anilines is 1. The Labute approximate surface area is 165 Å². The summed E-state index contributed by atoms with van der Waals surface area (Å²) in [6.07, 6.45) is 3.73. The summed E-state index contributed by atoms with van der Waals surface area (Å²) in [5.41, 5.74) is 5.41. The van der Waals surface area contributed by atoms with E-state index in [1.54, 1.807) is 11.1 Å². The van der Waals surface area contributed by atoms with Crippen molar-refractivity contribution in [2.75, 3.05) is 18.1 Å². The lowest BCUT2D eigenvalue weighted by atomic mass is 10.0. The molecule has 146 valence electrons. The van der Waals surface area contributed by atoms with E-state index in [-0.39, 0.29) is 24.7 Å². The molecule has 28 heavy (non-hydrogen) atoms. The van der Waals surface area contributed by atoms with Crippen molar-refractivity contribution >= 4 is 23.7 Å². The lowest BCUT2D eigenvalue weighted by molar-refractivity contribution is -0.125. The van der Waals surface area contributed by atoms with Crippen LogP contribution in [0.3, 0.4) is 0 Å². The van der Waals surface area contributed by atoms with Crippen LogP contribution in [0, 0.1) is 0 Å². The number of nitrogens with one attached hydrogen (secondary N) is 1. The SMILES string of the molecule is CCOc1ccccc1C=NNC(=O)CCC(=O)N1CCCc2ccccc21. The maximum absolute atomic E-state index is 12.6. The largest absolute Gasteiger partial charge is 0.493 e. The first-order chi connectivity index (χ1) is 13.7. The molecule has 0 unspecified atom stereocenters. The molecule has 6 heteroatoms. The van der Waals surface area contributed by atoms with Crippen LogP contribution in [0.1, 0.15) is 37.3 Å². The third-order valence-electron chi connectivity index (χ3n) is 4.59. The van der Waals surface area contributed by atoms with Crippen LogP contribution in [-0.4, -0.2) is 31.2 Å². The van der Waals surface area contributed by atoms with Gasteiger partial charge in [0.25, 0.3) is 0 Å². The van der Waals surface area contributed by atoms with Crippen LogP contribution >= 0.6 is 0 Å². The van der Waals surface area contributed by atoms with Gasteiger partial charge in [0.15, 0.2) is 0 Å². The second-order valence-corrected chi connectivity index (χ2v) is 6.54. The Morgan fingerprint density at radius 3 is 2.79 bits per heavy atom. The summed E-state index contributed by atoms with van der Waals surface area (Å²) in [7, 11) is 0. The molecular formula is C22H25N3O3. The molecule has 0 radical (unpaired) electrons. The van der Waals surface area contributed by atoms with Crippen molar-refractivity contribution < 1.29 is 14.3 Å². The van der Waals surface area contributed by atoms with E-state index in [0.717, 1.165) is 24.1 Å². The first kappa shape index (κ1) is 19.6. The smallest absolute Gasteiger partial charge is 0.240 e. The highest BCUT2D eigenvalue weighted by Crippen LogP contribution is 2.27. The average molecular weight is 379 g/mol. The average Bonchev–Trinajstić information content (AvgIpc) is 2.73. The zero-order valence-electron chi connectivity index (χ0n) is 16.1. The zero-order chi connectivity index (χ0) is 19.8. The fourth-order valence-corrected chi connectivity index (χ4v) is 3.25. The molecule has 0 atom stereocenters. The molecule has 0 saturated carbocycles. The summed E-state index contributed by atoms with van der Waals surface area (Å²) in [6.45, 7) is 3.16. The van der Waals surface area contributed by atoms with Crippen LogP contribution in [0.4, 0.5) is 5.69 Å². The summed E-state index contributed by atoms with van der Waals surface area (Å²) in [5.74, 6) is 0.388. The third kappa shape index (κ3) is 4.97. The quantitative estimate of drug-likeness (QED) is 0.593. The first-order valence-corrected chi connectivity index (χ1v) is 9.61. The number of benzene rings is 2. The topological polar surface area (TPSA) is 71.0 Å². The zero-order valence-corrected chi connectivity index (χ0v) is 16.1. The molecule has 0 aliphatic carbocycles. The fourth-order valence-electron chi connectivity index (χ4n) is 3.25. The van der Waals surface area contributed by atoms with Gasteiger partial charge in [0.2, 0.25) is 11.8 Å². The van der Waals surface area contributed by atoms with Gasteiger partial charge in [0.05, 0.1) is 12.8 Å². The summed E-state index contributed by atoms with van der Waals surface area (Å²) in [6, 6.07) is 15.4. The number of nitrogens with zero attached hydrogens (tertiary/aromatic N) is 2. The monoisotopic (exact) mass is 379 g/mol. The van der Waals surface area contributed by atoms with Gasteiger partial charge in [-0.2, -0.15) is 5.10 Å². The molecule has 0 spiro atoms. The Balaban J connectivity index is 1.51. The molecule has 0 bridgehead atoms. The Morgan fingerprint density at radius 1 is 1.14 bits per heavy atom. The number of carbonyl (C=O) groups excluding carboxylic acids is 2. The molecule has 1 heterocycles. The van der Waals surface area contributed by atoms with Crippen molar-refractivity contribution in [3.63, 3.8) is 0 Å². The van der Waals surface area contributed by atoms with Gasteiger partial charge in [-0.1, -0.05) is 30.3 Å². The molecule has 6 nitrogen and oxygen atoms in total. The number of hydrogen-bond donors (Lipinski definition) is 1. The molecule has 1 aliphatic rings. The second kappa shape index (κ2) is 9.69. The Hall–Kier alpha value is -3.15. The molecule has 3 rings (SSSR count). The summed E-state index contributed by atoms with van der Waals surface area (Å²) in [5, 5.41) is 3.98. The predicted octanol–water partition coefficient (Wildman–Crippen LogP) is 3.30. The van der Waals surface area contributed by atoms with E-state index >= 15 is 0 Å². The lowest BCUT2D eigenvalue weighted by Gasteiger charge is -2.29. The Kier molecular flexibility index (Phi) is 6.78. The molecule has 2 aromatic rings. The van der Waals surface area contributed by atoms with Gasteiger partial charge in [0, 0.05) is 30.6 Å². The Morgan fingerprint density at radius 2 is 1.93 bits per heavy atom. The van der Waals surface area contributed by atoms with Crippen molar-refractivity contribution in [1.82, 2.24) is 5.43 Å². The van der Waals surface area contributed by atoms with Crippen molar-refractivity contribution in [3.05, 3.63) is 59.7 Å². The highest BCUT2D eigenvalue weighted by molar-refractivity contribution is 5.96. The number of fused-ring (bicyclic) bond motifs is 1. The standard InChI is InChI=1S/C22H25N3O3/c1-2-28-20-12-6-4-9-18(20)16-23-24-21(26)13-14-22(27)25-15-7-10-17-8-3-5-11-19(17)25/h3-6,8-9,11-12,16H,2,7,10,13-15H2,1H3,(H,24,26). The second-order valence-electron chi connectivity index (χ2n) is 6.54. The number of rotatable bonds is 7. The van der Waals surface area contributed by atoms with E-state index in [1.165, 1.54) is 5.56 Å². The van der Waals surface area contributed by atoms with Crippen LogP contribution in [0.5, 0.6) is 5.75 Å². The maximum Gasteiger partial charge on any atom is 0.240 e. The van der Waals surface area contributed by atoms with E-state index in [4.69, 9.17) is 4.74 Å². The molecule has 2 aromatic carbocycles. The molecule has 0 aromatic heterocycles. The minimum Gasteiger partial charge on any atom is -0.493 e. The van der Waals surface area contributed by atoms with Crippen molar-refractivity contribution in [2.24, 2.45) is 5.10 Å². The van der Waals surface area contributed by atoms with Crippen molar-refractivity contribution in [2.45, 2.75) is 32.6 Å². The molecule has 0 fully saturated rings. The van der Waals surface area contributed by atoms with Crippen LogP contribution in [0.15, 0.2) is 53.6 Å². The van der Waals surface area contributed by atoms with Crippen LogP contribution < -0.4 is 15.1 Å². The number of hydrazone groups is 1. The Bertz CT molecular complexity index is 864. The van der Waals surface area contributed by atoms with E-state index in [0.29, 0.717) is 18.9 Å². The third-order valence-corrected chi connectivity index (χ3v) is 4.59. The van der Waals surface area contributed by atoms with Gasteiger partial charge >= 0.3 is 0 Å². The number of amides is 2. The van der Waals surface area contributed by atoms with Gasteiger partial charge < -0.3 is 9.64 Å². The summed E-state index contributed by atoms with van der Waals surface area (Å²) in [4.78, 5) is 26.4. The molecule has 1 aliphatic heterocycles. The van der Waals surface area contributed by atoms with Gasteiger partial charge in [0.1, 0.15) is 5.75 Å². The number of carbonyl (C=O) groups is 2. The molecule has 1 N–H and O–H groups in total. The number of aryl methyl sites for hydroxylation is 1. The molecule has 0 saturated heterocycles. The minimum absolute atomic E-state index is 0.0343. The molecule has 2 amide bonds. The number of hydrogen-bond acceptors (Lipinski definition) is 4. The predicted molar refractivity (Wildman–Crippen MR) is 110 cm³/mol. The number of para-hydroxylation sites is 2. The van der Waals surface area contributed by atoms with Gasteiger partial charge in [-0.3, -0.25) is 9.59 Å². The van der Waals surface area contributed by atoms with Gasteiger partial charge in [-0.15, -0.1) is 0 Å². The van der Waals surface area contributed by atoms with Gasteiger partial charge in [-0.25, -0.2) is 5.43 Å². The first-order valence-electron chi connectivity index (χ1n) is 9.61. The van der Waals surface area contributed by atoms with Crippen LogP contribution in [0.25, 0.3) is 0 Å². The highest BCUT2D eigenvalue weighted by atomic mass is 16.5. The lowest BCUT2D eigenvalue weighted by Crippen LogP contribution is -2.36. The summed E-state index contributed by atoms with van der Waals surface area (Å²) < 4.78 is 5.52. The van der Waals surface area contributed by atoms with Crippen LogP contribution in [-0.2, 0) is 16.0 Å². The number of ether oxygens (including phenoxy) is 1. The van der Waals surface area contributed by atoms with Crippen LogP contribution in [0.2, 0.25) is 0 Å². The van der Waals surface area contributed by atoms with Gasteiger partial charge in [-0.05, 0) is 43.5 Å². The fraction of sp³-hybridized carbons (Fsp3) is 0.318. The van der Waals surface area contributed by atoms with E-state index in [1.807, 2.05) is 49.4 Å². The summed E-state index contributed by atoms with van der Waals surface area (Å²) >= 11 is 0. The molecular weight excluding hydrogens is 354 g/mol. The normalized spacial score (nSPS) is 13.2.